The zero-order valence-corrected chi connectivity index (χ0v) is 19.2. The standard InChI is InChI=1S/C29H33F3O/c1-3-5-6-19-7-8-21-15-22(10-9-20(21)14-19)23-11-12-25(26(30)16-23)24-17-27(31)29(28(32)18-24)33-13-4-2/h3-4,11-12,16-22H,1-2,5-10,13-15H2. The molecular formula is C29H33F3O. The maximum absolute atomic E-state index is 15.1. The highest BCUT2D eigenvalue weighted by atomic mass is 19.1. The van der Waals surface area contributed by atoms with Crippen molar-refractivity contribution >= 4 is 0 Å². The molecule has 4 rings (SSSR count). The van der Waals surface area contributed by atoms with E-state index in [1.54, 1.807) is 12.1 Å². The lowest BCUT2D eigenvalue weighted by molar-refractivity contribution is 0.115. The van der Waals surface area contributed by atoms with Crippen LogP contribution in [0, 0.1) is 35.2 Å². The summed E-state index contributed by atoms with van der Waals surface area (Å²) in [5.41, 5.74) is 1.36. The number of halogens is 3. The molecular weight excluding hydrogens is 421 g/mol. The SMILES string of the molecule is C=CCCC1CCC2CC(c3ccc(-c4cc(F)c(OCC=C)c(F)c4)c(F)c3)CCC2C1. The number of hydrogen-bond donors (Lipinski definition) is 0. The summed E-state index contributed by atoms with van der Waals surface area (Å²) in [6.45, 7) is 7.32. The predicted molar refractivity (Wildman–Crippen MR) is 128 cm³/mol. The summed E-state index contributed by atoms with van der Waals surface area (Å²) >= 11 is 0. The molecule has 0 aliphatic heterocycles. The van der Waals surface area contributed by atoms with Crippen LogP contribution >= 0.6 is 0 Å². The van der Waals surface area contributed by atoms with Crippen molar-refractivity contribution in [2.75, 3.05) is 6.61 Å². The second-order valence-electron chi connectivity index (χ2n) is 9.68. The molecule has 0 radical (unpaired) electrons. The summed E-state index contributed by atoms with van der Waals surface area (Å²) in [6.07, 6.45) is 13.1. The normalized spacial score (nSPS) is 24.7. The van der Waals surface area contributed by atoms with E-state index in [2.05, 4.69) is 13.2 Å². The first kappa shape index (κ1) is 23.7. The Morgan fingerprint density at radius 2 is 1.58 bits per heavy atom. The smallest absolute Gasteiger partial charge is 0.191 e. The van der Waals surface area contributed by atoms with Crippen LogP contribution in [0.2, 0.25) is 0 Å². The van der Waals surface area contributed by atoms with Crippen molar-refractivity contribution in [2.24, 2.45) is 17.8 Å². The van der Waals surface area contributed by atoms with Crippen LogP contribution in [0.15, 0.2) is 55.6 Å². The summed E-state index contributed by atoms with van der Waals surface area (Å²) in [5.74, 6) is 0.0803. The van der Waals surface area contributed by atoms with Gasteiger partial charge >= 0.3 is 0 Å². The van der Waals surface area contributed by atoms with Gasteiger partial charge in [-0.25, -0.2) is 13.2 Å². The Hall–Kier alpha value is -2.49. The van der Waals surface area contributed by atoms with Gasteiger partial charge in [0, 0.05) is 5.56 Å². The molecule has 2 aliphatic carbocycles. The molecule has 2 aliphatic rings. The van der Waals surface area contributed by atoms with Crippen molar-refractivity contribution in [1.29, 1.82) is 0 Å². The molecule has 0 amide bonds. The Bertz CT molecular complexity index is 975. The largest absolute Gasteiger partial charge is 0.483 e. The summed E-state index contributed by atoms with van der Waals surface area (Å²) in [7, 11) is 0. The van der Waals surface area contributed by atoms with Gasteiger partial charge in [0.15, 0.2) is 17.4 Å². The minimum absolute atomic E-state index is 0.00500. The fraction of sp³-hybridized carbons (Fsp3) is 0.448. The average molecular weight is 455 g/mol. The minimum Gasteiger partial charge on any atom is -0.483 e. The number of allylic oxidation sites excluding steroid dienone is 1. The molecule has 1 nitrogen and oxygen atoms in total. The van der Waals surface area contributed by atoms with E-state index in [4.69, 9.17) is 4.74 Å². The van der Waals surface area contributed by atoms with E-state index in [0.717, 1.165) is 54.7 Å². The first-order valence-corrected chi connectivity index (χ1v) is 12.1. The third-order valence-corrected chi connectivity index (χ3v) is 7.62. The highest BCUT2D eigenvalue weighted by molar-refractivity contribution is 5.66. The minimum atomic E-state index is -0.850. The van der Waals surface area contributed by atoms with Gasteiger partial charge in [-0.15, -0.1) is 6.58 Å². The molecule has 4 atom stereocenters. The van der Waals surface area contributed by atoms with Gasteiger partial charge in [0.25, 0.3) is 0 Å². The van der Waals surface area contributed by atoms with Crippen molar-refractivity contribution < 1.29 is 17.9 Å². The number of benzene rings is 2. The van der Waals surface area contributed by atoms with Crippen molar-refractivity contribution in [2.45, 2.75) is 57.3 Å². The van der Waals surface area contributed by atoms with Gasteiger partial charge < -0.3 is 4.74 Å². The molecule has 0 saturated heterocycles. The number of rotatable bonds is 8. The van der Waals surface area contributed by atoms with Crippen LogP contribution in [0.1, 0.15) is 62.8 Å². The first-order valence-electron chi connectivity index (χ1n) is 12.1. The molecule has 0 N–H and O–H groups in total. The third kappa shape index (κ3) is 5.37. The van der Waals surface area contributed by atoms with Gasteiger partial charge in [-0.2, -0.15) is 0 Å². The van der Waals surface area contributed by atoms with Crippen LogP contribution < -0.4 is 4.74 Å². The Kier molecular flexibility index (Phi) is 7.62. The molecule has 0 bridgehead atoms. The van der Waals surface area contributed by atoms with E-state index in [1.807, 2.05) is 12.1 Å². The van der Waals surface area contributed by atoms with Gasteiger partial charge in [-0.1, -0.05) is 37.3 Å². The maximum atomic E-state index is 15.1. The Morgan fingerprint density at radius 1 is 0.848 bits per heavy atom. The lowest BCUT2D eigenvalue weighted by Crippen LogP contribution is -2.30. The Labute approximate surface area is 195 Å². The van der Waals surface area contributed by atoms with Gasteiger partial charge in [-0.3, -0.25) is 0 Å². The van der Waals surface area contributed by atoms with Gasteiger partial charge in [-0.05, 0) is 97.9 Å². The van der Waals surface area contributed by atoms with E-state index in [-0.39, 0.29) is 17.7 Å². The Balaban J connectivity index is 1.46. The van der Waals surface area contributed by atoms with Crippen LogP contribution in [0.3, 0.4) is 0 Å². The second kappa shape index (κ2) is 10.6. The monoisotopic (exact) mass is 454 g/mol. The molecule has 0 spiro atoms. The molecule has 4 heteroatoms. The van der Waals surface area contributed by atoms with Crippen LogP contribution in [0.25, 0.3) is 11.1 Å². The number of fused-ring (bicyclic) bond motifs is 1. The molecule has 2 saturated carbocycles. The number of hydrogen-bond acceptors (Lipinski definition) is 1. The van der Waals surface area contributed by atoms with E-state index in [9.17, 15) is 8.78 Å². The van der Waals surface area contributed by atoms with Gasteiger partial charge in [0.2, 0.25) is 0 Å². The Morgan fingerprint density at radius 3 is 2.27 bits per heavy atom. The molecule has 0 heterocycles. The number of ether oxygens (including phenoxy) is 1. The van der Waals surface area contributed by atoms with Crippen molar-refractivity contribution in [3.8, 4) is 16.9 Å². The molecule has 33 heavy (non-hydrogen) atoms. The highest BCUT2D eigenvalue weighted by Gasteiger charge is 2.35. The van der Waals surface area contributed by atoms with E-state index in [0.29, 0.717) is 5.92 Å². The van der Waals surface area contributed by atoms with Crippen LogP contribution in [0.4, 0.5) is 13.2 Å². The van der Waals surface area contributed by atoms with Crippen LogP contribution in [0.5, 0.6) is 5.75 Å². The van der Waals surface area contributed by atoms with Gasteiger partial charge in [0.1, 0.15) is 12.4 Å². The molecule has 0 aromatic heterocycles. The molecule has 2 fully saturated rings. The maximum Gasteiger partial charge on any atom is 0.191 e. The third-order valence-electron chi connectivity index (χ3n) is 7.62. The molecule has 4 unspecified atom stereocenters. The molecule has 176 valence electrons. The zero-order valence-electron chi connectivity index (χ0n) is 19.2. The van der Waals surface area contributed by atoms with E-state index in [1.165, 1.54) is 38.2 Å². The lowest BCUT2D eigenvalue weighted by atomic mass is 9.63. The highest BCUT2D eigenvalue weighted by Crippen LogP contribution is 2.48. The fourth-order valence-electron chi connectivity index (χ4n) is 5.92. The first-order chi connectivity index (χ1) is 16.0. The predicted octanol–water partition coefficient (Wildman–Crippen LogP) is 8.60. The van der Waals surface area contributed by atoms with E-state index >= 15 is 4.39 Å². The lowest BCUT2D eigenvalue weighted by Gasteiger charge is -2.42. The summed E-state index contributed by atoms with van der Waals surface area (Å²) in [4.78, 5) is 0. The van der Waals surface area contributed by atoms with E-state index < -0.39 is 23.2 Å². The fourth-order valence-corrected chi connectivity index (χ4v) is 5.92. The topological polar surface area (TPSA) is 9.23 Å². The van der Waals surface area contributed by atoms with Crippen molar-refractivity contribution in [1.82, 2.24) is 0 Å². The molecule has 2 aromatic carbocycles. The van der Waals surface area contributed by atoms with Gasteiger partial charge in [0.05, 0.1) is 0 Å². The van der Waals surface area contributed by atoms with Crippen molar-refractivity contribution in [3.05, 3.63) is 78.7 Å². The summed E-state index contributed by atoms with van der Waals surface area (Å²) < 4.78 is 48.8. The summed E-state index contributed by atoms with van der Waals surface area (Å²) in [6, 6.07) is 7.39. The quantitative estimate of drug-likeness (QED) is 0.363. The van der Waals surface area contributed by atoms with Crippen molar-refractivity contribution in [3.63, 3.8) is 0 Å². The summed E-state index contributed by atoms with van der Waals surface area (Å²) in [5, 5.41) is 0. The second-order valence-corrected chi connectivity index (χ2v) is 9.68. The zero-order chi connectivity index (χ0) is 23.4. The average Bonchev–Trinajstić information content (AvgIpc) is 2.81. The molecule has 2 aromatic rings. The van der Waals surface area contributed by atoms with Crippen LogP contribution in [-0.4, -0.2) is 6.61 Å². The van der Waals surface area contributed by atoms with Crippen LogP contribution in [-0.2, 0) is 0 Å².